The molecule has 0 aliphatic carbocycles. The van der Waals surface area contributed by atoms with Gasteiger partial charge >= 0.3 is 0 Å². The van der Waals surface area contributed by atoms with Gasteiger partial charge in [0.25, 0.3) is 0 Å². The Morgan fingerprint density at radius 1 is 1.32 bits per heavy atom. The number of carbonyl (C=O) groups excluding carboxylic acids is 2. The molecule has 1 aliphatic heterocycles. The molecule has 5 nitrogen and oxygen atoms in total. The van der Waals surface area contributed by atoms with Crippen molar-refractivity contribution in [3.8, 4) is 0 Å². The number of hydrogen-bond donors (Lipinski definition) is 3. The maximum atomic E-state index is 12.0. The molecule has 1 aromatic carbocycles. The van der Waals surface area contributed by atoms with Gasteiger partial charge in [0.2, 0.25) is 11.8 Å². The van der Waals surface area contributed by atoms with Crippen LogP contribution in [-0.2, 0) is 9.59 Å². The van der Waals surface area contributed by atoms with Crippen molar-refractivity contribution in [2.45, 2.75) is 19.8 Å². The van der Waals surface area contributed by atoms with E-state index in [-0.39, 0.29) is 17.7 Å². The lowest BCUT2D eigenvalue weighted by atomic mass is 10.1. The number of amides is 2. The molecule has 3 N–H and O–H groups in total. The molecule has 1 saturated heterocycles. The normalized spacial score (nSPS) is 18.1. The average molecular weight is 261 g/mol. The summed E-state index contributed by atoms with van der Waals surface area (Å²) in [4.78, 5) is 23.3. The van der Waals surface area contributed by atoms with Crippen LogP contribution in [0.2, 0.25) is 0 Å². The van der Waals surface area contributed by atoms with Gasteiger partial charge in [0.15, 0.2) is 0 Å². The van der Waals surface area contributed by atoms with Crippen molar-refractivity contribution in [3.63, 3.8) is 0 Å². The van der Waals surface area contributed by atoms with Crippen LogP contribution in [0.15, 0.2) is 24.3 Å². The summed E-state index contributed by atoms with van der Waals surface area (Å²) in [7, 11) is 0. The molecule has 102 valence electrons. The van der Waals surface area contributed by atoms with Gasteiger partial charge in [-0.3, -0.25) is 9.59 Å². The zero-order valence-corrected chi connectivity index (χ0v) is 11.0. The van der Waals surface area contributed by atoms with E-state index in [1.165, 1.54) is 0 Å². The van der Waals surface area contributed by atoms with Crippen LogP contribution in [0.3, 0.4) is 0 Å². The van der Waals surface area contributed by atoms with E-state index in [0.29, 0.717) is 17.8 Å². The van der Waals surface area contributed by atoms with Gasteiger partial charge in [-0.1, -0.05) is 13.0 Å². The highest BCUT2D eigenvalue weighted by Crippen LogP contribution is 2.17. The second-order valence-electron chi connectivity index (χ2n) is 4.66. The Morgan fingerprint density at radius 3 is 2.68 bits per heavy atom. The molecule has 0 radical (unpaired) electrons. The molecule has 0 bridgehead atoms. The maximum absolute atomic E-state index is 12.0. The first-order valence-electron chi connectivity index (χ1n) is 6.60. The second-order valence-corrected chi connectivity index (χ2v) is 4.66. The lowest BCUT2D eigenvalue weighted by Gasteiger charge is -2.11. The van der Waals surface area contributed by atoms with Gasteiger partial charge < -0.3 is 16.0 Å². The summed E-state index contributed by atoms with van der Waals surface area (Å²) in [6.45, 7) is 3.43. The summed E-state index contributed by atoms with van der Waals surface area (Å²) < 4.78 is 0. The van der Waals surface area contributed by atoms with Crippen LogP contribution in [0.25, 0.3) is 0 Å². The number of rotatable bonds is 4. The topological polar surface area (TPSA) is 70.2 Å². The Morgan fingerprint density at radius 2 is 2.05 bits per heavy atom. The van der Waals surface area contributed by atoms with Crippen molar-refractivity contribution >= 4 is 23.2 Å². The molecule has 19 heavy (non-hydrogen) atoms. The van der Waals surface area contributed by atoms with Crippen LogP contribution in [0.4, 0.5) is 11.4 Å². The number of carbonyl (C=O) groups is 2. The number of benzene rings is 1. The Hall–Kier alpha value is -1.88. The third kappa shape index (κ3) is 3.79. The fourth-order valence-electron chi connectivity index (χ4n) is 2.05. The minimum atomic E-state index is -0.0385. The number of hydrogen-bond acceptors (Lipinski definition) is 3. The van der Waals surface area contributed by atoms with E-state index in [1.54, 1.807) is 19.1 Å². The lowest BCUT2D eigenvalue weighted by molar-refractivity contribution is -0.119. The smallest absolute Gasteiger partial charge is 0.228 e. The molecule has 1 fully saturated rings. The van der Waals surface area contributed by atoms with Gasteiger partial charge in [0.1, 0.15) is 0 Å². The first-order chi connectivity index (χ1) is 9.19. The summed E-state index contributed by atoms with van der Waals surface area (Å²) in [6, 6.07) is 7.21. The van der Waals surface area contributed by atoms with E-state index in [2.05, 4.69) is 16.0 Å². The number of anilines is 2. The Bertz CT molecular complexity index is 468. The van der Waals surface area contributed by atoms with Gasteiger partial charge in [0.05, 0.1) is 5.92 Å². The van der Waals surface area contributed by atoms with Gasteiger partial charge in [-0.25, -0.2) is 0 Å². The fourth-order valence-corrected chi connectivity index (χ4v) is 2.05. The van der Waals surface area contributed by atoms with Gasteiger partial charge in [-0.15, -0.1) is 0 Å². The molecular weight excluding hydrogens is 242 g/mol. The van der Waals surface area contributed by atoms with Crippen LogP contribution in [-0.4, -0.2) is 24.9 Å². The predicted octanol–water partition coefficient (Wildman–Crippen LogP) is 1.58. The van der Waals surface area contributed by atoms with Crippen molar-refractivity contribution < 1.29 is 9.59 Å². The van der Waals surface area contributed by atoms with Crippen LogP contribution in [0.5, 0.6) is 0 Å². The van der Waals surface area contributed by atoms with E-state index in [1.807, 2.05) is 12.1 Å². The van der Waals surface area contributed by atoms with Crippen molar-refractivity contribution in [2.24, 2.45) is 5.92 Å². The molecule has 1 heterocycles. The lowest BCUT2D eigenvalue weighted by Crippen LogP contribution is -2.24. The highest BCUT2D eigenvalue weighted by molar-refractivity contribution is 5.95. The van der Waals surface area contributed by atoms with Crippen molar-refractivity contribution in [1.82, 2.24) is 5.32 Å². The first kappa shape index (κ1) is 13.5. The van der Waals surface area contributed by atoms with E-state index in [4.69, 9.17) is 0 Å². The summed E-state index contributed by atoms with van der Waals surface area (Å²) in [5, 5.41) is 8.82. The Balaban J connectivity index is 1.98. The molecule has 1 atom stereocenters. The largest absolute Gasteiger partial charge is 0.326 e. The standard InChI is InChI=1S/C14H19N3O2/c1-2-13(18)16-11-4-3-5-12(8-11)17-14(19)10-6-7-15-9-10/h3-5,8,10,15H,2,6-7,9H2,1H3,(H,16,18)(H,17,19). The minimum Gasteiger partial charge on any atom is -0.326 e. The maximum Gasteiger partial charge on any atom is 0.228 e. The van der Waals surface area contributed by atoms with Gasteiger partial charge in [-0.05, 0) is 31.2 Å². The Labute approximate surface area is 112 Å². The minimum absolute atomic E-state index is 0.0315. The molecule has 0 spiro atoms. The SMILES string of the molecule is CCC(=O)Nc1cccc(NC(=O)C2CCNC2)c1. The summed E-state index contributed by atoms with van der Waals surface area (Å²) in [6.07, 6.45) is 1.31. The molecule has 1 aromatic rings. The third-order valence-electron chi connectivity index (χ3n) is 3.17. The van der Waals surface area contributed by atoms with E-state index in [0.717, 1.165) is 19.5 Å². The van der Waals surface area contributed by atoms with E-state index in [9.17, 15) is 9.59 Å². The summed E-state index contributed by atoms with van der Waals surface area (Å²) in [5.41, 5.74) is 1.42. The average Bonchev–Trinajstić information content (AvgIpc) is 2.93. The molecular formula is C14H19N3O2. The molecule has 0 saturated carbocycles. The van der Waals surface area contributed by atoms with Gasteiger partial charge in [-0.2, -0.15) is 0 Å². The van der Waals surface area contributed by atoms with Crippen LogP contribution in [0, 0.1) is 5.92 Å². The zero-order valence-electron chi connectivity index (χ0n) is 11.0. The molecule has 1 unspecified atom stereocenters. The highest BCUT2D eigenvalue weighted by Gasteiger charge is 2.22. The van der Waals surface area contributed by atoms with Crippen LogP contribution < -0.4 is 16.0 Å². The molecule has 1 aliphatic rings. The Kier molecular flexibility index (Phi) is 4.52. The quantitative estimate of drug-likeness (QED) is 0.770. The zero-order chi connectivity index (χ0) is 13.7. The molecule has 5 heteroatoms. The molecule has 0 aromatic heterocycles. The van der Waals surface area contributed by atoms with Crippen LogP contribution >= 0.6 is 0 Å². The first-order valence-corrected chi connectivity index (χ1v) is 6.60. The fraction of sp³-hybridized carbons (Fsp3) is 0.429. The van der Waals surface area contributed by atoms with Crippen LogP contribution in [0.1, 0.15) is 19.8 Å². The summed E-state index contributed by atoms with van der Waals surface area (Å²) in [5.74, 6) is 0.0290. The van der Waals surface area contributed by atoms with E-state index >= 15 is 0 Å². The van der Waals surface area contributed by atoms with Crippen molar-refractivity contribution in [1.29, 1.82) is 0 Å². The van der Waals surface area contributed by atoms with Crippen molar-refractivity contribution in [2.75, 3.05) is 23.7 Å². The third-order valence-corrected chi connectivity index (χ3v) is 3.17. The number of nitrogens with one attached hydrogen (secondary N) is 3. The molecule has 2 amide bonds. The van der Waals surface area contributed by atoms with E-state index < -0.39 is 0 Å². The van der Waals surface area contributed by atoms with Crippen molar-refractivity contribution in [3.05, 3.63) is 24.3 Å². The summed E-state index contributed by atoms with van der Waals surface area (Å²) >= 11 is 0. The monoisotopic (exact) mass is 261 g/mol. The second kappa shape index (κ2) is 6.33. The van der Waals surface area contributed by atoms with Gasteiger partial charge in [0, 0.05) is 24.3 Å². The predicted molar refractivity (Wildman–Crippen MR) is 75.0 cm³/mol. The molecule has 2 rings (SSSR count). The highest BCUT2D eigenvalue weighted by atomic mass is 16.2.